The number of pyridine rings is 1. The van der Waals surface area contributed by atoms with Crippen LogP contribution in [0.1, 0.15) is 0 Å². The Bertz CT molecular complexity index is 2480. The Balaban J connectivity index is 1.31. The van der Waals surface area contributed by atoms with E-state index in [0.29, 0.717) is 5.89 Å². The Morgan fingerprint density at radius 2 is 0.725 bits per heavy atom. The normalized spacial score (nSPS) is 11.1. The van der Waals surface area contributed by atoms with Crippen molar-refractivity contribution in [3.8, 4) is 78.2 Å². The van der Waals surface area contributed by atoms with E-state index < -0.39 is 0 Å². The molecule has 3 heteroatoms. The van der Waals surface area contributed by atoms with Crippen molar-refractivity contribution in [1.82, 2.24) is 9.97 Å². The number of nitrogens with zero attached hydrogens (tertiary/aromatic N) is 2. The Labute approximate surface area is 297 Å². The summed E-state index contributed by atoms with van der Waals surface area (Å²) in [7, 11) is 0. The fourth-order valence-corrected chi connectivity index (χ4v) is 6.80. The topological polar surface area (TPSA) is 38.9 Å². The maximum Gasteiger partial charge on any atom is 0.228 e. The van der Waals surface area contributed by atoms with Crippen LogP contribution in [0.25, 0.3) is 89.3 Å². The number of aromatic nitrogens is 2. The molecule has 0 aliphatic heterocycles. The van der Waals surface area contributed by atoms with Crippen LogP contribution in [0.2, 0.25) is 0 Å². The van der Waals surface area contributed by atoms with E-state index in [9.17, 15) is 0 Å². The zero-order chi connectivity index (χ0) is 34.0. The van der Waals surface area contributed by atoms with Gasteiger partial charge in [-0.1, -0.05) is 121 Å². The average molecular weight is 653 g/mol. The number of oxazole rings is 1. The molecule has 3 nitrogen and oxygen atoms in total. The molecule has 0 aliphatic carbocycles. The molecule has 0 aliphatic rings. The van der Waals surface area contributed by atoms with Gasteiger partial charge in [-0.15, -0.1) is 0 Å². The van der Waals surface area contributed by atoms with Crippen LogP contribution in [-0.4, -0.2) is 9.97 Å². The lowest BCUT2D eigenvalue weighted by atomic mass is 9.90. The highest BCUT2D eigenvalue weighted by Crippen LogP contribution is 2.41. The third-order valence-electron chi connectivity index (χ3n) is 9.34. The van der Waals surface area contributed by atoms with E-state index in [1.165, 1.54) is 11.1 Å². The fraction of sp³-hybridized carbons (Fsp3) is 0. The largest absolute Gasteiger partial charge is 0.436 e. The maximum atomic E-state index is 6.59. The van der Waals surface area contributed by atoms with Crippen LogP contribution in [0.4, 0.5) is 0 Å². The first-order valence-corrected chi connectivity index (χ1v) is 17.1. The summed E-state index contributed by atoms with van der Waals surface area (Å²) in [5.41, 5.74) is 15.8. The molecule has 9 rings (SSSR count). The van der Waals surface area contributed by atoms with Crippen molar-refractivity contribution >= 4 is 11.1 Å². The van der Waals surface area contributed by atoms with Crippen molar-refractivity contribution in [3.63, 3.8) is 0 Å². The summed E-state index contributed by atoms with van der Waals surface area (Å²) in [6.07, 6.45) is 3.56. The van der Waals surface area contributed by atoms with Gasteiger partial charge in [0.25, 0.3) is 0 Å². The number of hydrogen-bond acceptors (Lipinski definition) is 3. The molecule has 0 saturated carbocycles. The van der Waals surface area contributed by atoms with Crippen LogP contribution in [0, 0.1) is 0 Å². The molecule has 0 bridgehead atoms. The van der Waals surface area contributed by atoms with E-state index >= 15 is 0 Å². The lowest BCUT2D eigenvalue weighted by molar-refractivity contribution is 0.619. The van der Waals surface area contributed by atoms with Gasteiger partial charge in [-0.05, 0) is 122 Å². The quantitative estimate of drug-likeness (QED) is 0.172. The molecule has 2 aromatic heterocycles. The van der Waals surface area contributed by atoms with Gasteiger partial charge in [-0.2, -0.15) is 0 Å². The van der Waals surface area contributed by atoms with Gasteiger partial charge in [-0.3, -0.25) is 4.98 Å². The van der Waals surface area contributed by atoms with Crippen molar-refractivity contribution in [2.45, 2.75) is 0 Å². The first-order valence-electron chi connectivity index (χ1n) is 17.1. The maximum absolute atomic E-state index is 6.59. The molecule has 0 radical (unpaired) electrons. The van der Waals surface area contributed by atoms with Gasteiger partial charge in [0, 0.05) is 18.0 Å². The third-order valence-corrected chi connectivity index (χ3v) is 9.34. The monoisotopic (exact) mass is 652 g/mol. The summed E-state index contributed by atoms with van der Waals surface area (Å²) >= 11 is 0. The van der Waals surface area contributed by atoms with E-state index in [1.807, 2.05) is 12.1 Å². The van der Waals surface area contributed by atoms with Crippen molar-refractivity contribution in [1.29, 1.82) is 0 Å². The lowest BCUT2D eigenvalue weighted by Gasteiger charge is -2.14. The number of fused-ring (bicyclic) bond motifs is 1. The molecular formula is C48H32N2O. The standard InChI is InChI=1S/C48H32N2O/c1-5-14-33(15-6-1)38-24-39(34-16-7-2-8-17-34)27-42(26-38)43-30-45(47-46(31-43)51-48(50-47)37-22-13-23-49-32-37)44-28-40(35-18-9-3-10-19-35)25-41(29-44)36-20-11-4-12-21-36/h1-32H. The van der Waals surface area contributed by atoms with Gasteiger partial charge in [-0.25, -0.2) is 4.98 Å². The van der Waals surface area contributed by atoms with Crippen LogP contribution in [-0.2, 0) is 0 Å². The van der Waals surface area contributed by atoms with E-state index in [0.717, 1.165) is 72.3 Å². The molecular weight excluding hydrogens is 621 g/mol. The molecule has 0 atom stereocenters. The number of hydrogen-bond donors (Lipinski definition) is 0. The van der Waals surface area contributed by atoms with E-state index in [2.05, 4.69) is 175 Å². The smallest absolute Gasteiger partial charge is 0.228 e. The molecule has 9 aromatic rings. The molecule has 0 spiro atoms. The highest BCUT2D eigenvalue weighted by atomic mass is 16.3. The second-order valence-electron chi connectivity index (χ2n) is 12.7. The van der Waals surface area contributed by atoms with Crippen LogP contribution in [0.3, 0.4) is 0 Å². The van der Waals surface area contributed by atoms with Crippen molar-refractivity contribution < 1.29 is 4.42 Å². The highest BCUT2D eigenvalue weighted by molar-refractivity contribution is 5.98. The zero-order valence-electron chi connectivity index (χ0n) is 27.8. The minimum absolute atomic E-state index is 0.544. The summed E-state index contributed by atoms with van der Waals surface area (Å²) in [4.78, 5) is 9.47. The van der Waals surface area contributed by atoms with E-state index in [1.54, 1.807) is 12.4 Å². The molecule has 2 heterocycles. The van der Waals surface area contributed by atoms with Gasteiger partial charge in [0.15, 0.2) is 5.58 Å². The van der Waals surface area contributed by atoms with Crippen molar-refractivity contribution in [2.75, 3.05) is 0 Å². The van der Waals surface area contributed by atoms with Gasteiger partial charge < -0.3 is 4.42 Å². The molecule has 0 N–H and O–H groups in total. The summed E-state index contributed by atoms with van der Waals surface area (Å²) in [5, 5.41) is 0. The molecule has 7 aromatic carbocycles. The average Bonchev–Trinajstić information content (AvgIpc) is 3.66. The van der Waals surface area contributed by atoms with Gasteiger partial charge in [0.1, 0.15) is 5.52 Å². The molecule has 0 amide bonds. The summed E-state index contributed by atoms with van der Waals surface area (Å²) in [6.45, 7) is 0. The van der Waals surface area contributed by atoms with Crippen LogP contribution in [0.15, 0.2) is 199 Å². The van der Waals surface area contributed by atoms with Crippen molar-refractivity contribution in [3.05, 3.63) is 194 Å². The van der Waals surface area contributed by atoms with Crippen LogP contribution in [0.5, 0.6) is 0 Å². The van der Waals surface area contributed by atoms with Crippen LogP contribution < -0.4 is 0 Å². The summed E-state index contributed by atoms with van der Waals surface area (Å²) in [6, 6.07) is 64.2. The first-order chi connectivity index (χ1) is 25.2. The molecule has 51 heavy (non-hydrogen) atoms. The third kappa shape index (κ3) is 6.14. The minimum Gasteiger partial charge on any atom is -0.436 e. The van der Waals surface area contributed by atoms with Crippen LogP contribution >= 0.6 is 0 Å². The van der Waals surface area contributed by atoms with Crippen molar-refractivity contribution in [2.24, 2.45) is 0 Å². The molecule has 0 saturated heterocycles. The SMILES string of the molecule is c1ccc(-c2cc(-c3ccccc3)cc(-c3cc(-c4cc(-c5ccccc5)cc(-c5ccccc5)c4)c4nc(-c5cccnc5)oc4c3)c2)cc1. The zero-order valence-corrected chi connectivity index (χ0v) is 27.8. The summed E-state index contributed by atoms with van der Waals surface area (Å²) in [5.74, 6) is 0.544. The van der Waals surface area contributed by atoms with Gasteiger partial charge in [0.05, 0.1) is 5.56 Å². The summed E-state index contributed by atoms with van der Waals surface area (Å²) < 4.78 is 6.59. The highest BCUT2D eigenvalue weighted by Gasteiger charge is 2.18. The van der Waals surface area contributed by atoms with E-state index in [4.69, 9.17) is 9.40 Å². The Morgan fingerprint density at radius 3 is 1.16 bits per heavy atom. The fourth-order valence-electron chi connectivity index (χ4n) is 6.80. The molecule has 240 valence electrons. The molecule has 0 fully saturated rings. The van der Waals surface area contributed by atoms with E-state index in [-0.39, 0.29) is 0 Å². The minimum atomic E-state index is 0.544. The Hall–Kier alpha value is -6.84. The predicted molar refractivity (Wildman–Crippen MR) is 210 cm³/mol. The lowest BCUT2D eigenvalue weighted by Crippen LogP contribution is -1.90. The number of benzene rings is 7. The Morgan fingerprint density at radius 1 is 0.333 bits per heavy atom. The first kappa shape index (κ1) is 30.2. The number of rotatable bonds is 7. The Kier molecular flexibility index (Phi) is 7.84. The molecule has 0 unspecified atom stereocenters. The van der Waals surface area contributed by atoms with Gasteiger partial charge >= 0.3 is 0 Å². The van der Waals surface area contributed by atoms with Gasteiger partial charge in [0.2, 0.25) is 5.89 Å². The second kappa shape index (κ2) is 13.2. The predicted octanol–water partition coefficient (Wildman–Crippen LogP) is 12.9. The second-order valence-corrected chi connectivity index (χ2v) is 12.7.